The number of carbonyl (C=O) groups is 1. The van der Waals surface area contributed by atoms with Crippen LogP contribution in [-0.4, -0.2) is 28.5 Å². The van der Waals surface area contributed by atoms with Crippen molar-refractivity contribution in [1.29, 1.82) is 0 Å². The third-order valence-electron chi connectivity index (χ3n) is 3.15. The maximum Gasteiger partial charge on any atom is 0.318 e. The van der Waals surface area contributed by atoms with Gasteiger partial charge in [-0.25, -0.2) is 4.79 Å². The van der Waals surface area contributed by atoms with Crippen molar-refractivity contribution >= 4 is 6.03 Å². The van der Waals surface area contributed by atoms with E-state index in [9.17, 15) is 4.79 Å². The molecule has 2 unspecified atom stereocenters. The summed E-state index contributed by atoms with van der Waals surface area (Å²) in [6, 6.07) is 4.30. The number of pyridine rings is 1. The summed E-state index contributed by atoms with van der Waals surface area (Å²) in [6.45, 7) is 4.90. The first kappa shape index (κ1) is 10.9. The van der Waals surface area contributed by atoms with E-state index in [1.54, 1.807) is 6.20 Å². The molecule has 2 amide bonds. The summed E-state index contributed by atoms with van der Waals surface area (Å²) in [5.41, 5.74) is 1.07. The van der Waals surface area contributed by atoms with Gasteiger partial charge in [-0.2, -0.15) is 0 Å². The molecule has 1 aliphatic heterocycles. The van der Waals surface area contributed by atoms with Crippen molar-refractivity contribution in [3.05, 3.63) is 30.1 Å². The van der Waals surface area contributed by atoms with Gasteiger partial charge >= 0.3 is 6.03 Å². The van der Waals surface area contributed by atoms with Gasteiger partial charge in [-0.05, 0) is 25.0 Å². The SMILES string of the molecule is CCC(C)N1CC(c2cccnc2)NC1=O. The number of carbonyl (C=O) groups excluding carboxylic acids is 1. The predicted molar refractivity (Wildman–Crippen MR) is 62.0 cm³/mol. The zero-order chi connectivity index (χ0) is 11.5. The molecule has 0 aromatic carbocycles. The maximum absolute atomic E-state index is 11.8. The topological polar surface area (TPSA) is 45.2 Å². The molecule has 1 fully saturated rings. The molecule has 0 spiro atoms. The van der Waals surface area contributed by atoms with Crippen LogP contribution in [0.5, 0.6) is 0 Å². The Balaban J connectivity index is 2.10. The summed E-state index contributed by atoms with van der Waals surface area (Å²) in [6.07, 6.45) is 4.53. The van der Waals surface area contributed by atoms with Crippen LogP contribution < -0.4 is 5.32 Å². The minimum Gasteiger partial charge on any atom is -0.329 e. The third kappa shape index (κ3) is 2.01. The minimum atomic E-state index is 0.0307. The molecule has 4 nitrogen and oxygen atoms in total. The van der Waals surface area contributed by atoms with Crippen molar-refractivity contribution in [3.8, 4) is 0 Å². The quantitative estimate of drug-likeness (QED) is 0.844. The Morgan fingerprint density at radius 3 is 3.12 bits per heavy atom. The Morgan fingerprint density at radius 2 is 2.50 bits per heavy atom. The molecule has 1 N–H and O–H groups in total. The molecule has 1 aromatic heterocycles. The van der Waals surface area contributed by atoms with E-state index >= 15 is 0 Å². The highest BCUT2D eigenvalue weighted by molar-refractivity contribution is 5.77. The fraction of sp³-hybridized carbons (Fsp3) is 0.500. The smallest absolute Gasteiger partial charge is 0.318 e. The summed E-state index contributed by atoms with van der Waals surface area (Å²) >= 11 is 0. The highest BCUT2D eigenvalue weighted by Crippen LogP contribution is 2.21. The molecule has 4 heteroatoms. The lowest BCUT2D eigenvalue weighted by Crippen LogP contribution is -2.35. The number of hydrogen-bond acceptors (Lipinski definition) is 2. The molecular weight excluding hydrogens is 202 g/mol. The van der Waals surface area contributed by atoms with Crippen molar-refractivity contribution < 1.29 is 4.79 Å². The van der Waals surface area contributed by atoms with Crippen LogP contribution >= 0.6 is 0 Å². The van der Waals surface area contributed by atoms with Crippen LogP contribution in [0.2, 0.25) is 0 Å². The van der Waals surface area contributed by atoms with Crippen LogP contribution in [0, 0.1) is 0 Å². The average Bonchev–Trinajstić information content (AvgIpc) is 2.71. The van der Waals surface area contributed by atoms with Gasteiger partial charge < -0.3 is 10.2 Å². The summed E-state index contributed by atoms with van der Waals surface area (Å²) in [5.74, 6) is 0. The highest BCUT2D eigenvalue weighted by Gasteiger charge is 2.31. The van der Waals surface area contributed by atoms with Gasteiger partial charge in [-0.1, -0.05) is 13.0 Å². The minimum absolute atomic E-state index is 0.0307. The monoisotopic (exact) mass is 219 g/mol. The van der Waals surface area contributed by atoms with Crippen LogP contribution in [0.15, 0.2) is 24.5 Å². The van der Waals surface area contributed by atoms with Crippen molar-refractivity contribution in [1.82, 2.24) is 15.2 Å². The van der Waals surface area contributed by atoms with E-state index in [4.69, 9.17) is 0 Å². The van der Waals surface area contributed by atoms with Gasteiger partial charge in [0.15, 0.2) is 0 Å². The van der Waals surface area contributed by atoms with Crippen LogP contribution in [0.25, 0.3) is 0 Å². The van der Waals surface area contributed by atoms with Crippen LogP contribution in [-0.2, 0) is 0 Å². The van der Waals surface area contributed by atoms with Gasteiger partial charge in [0.1, 0.15) is 0 Å². The second-order valence-electron chi connectivity index (χ2n) is 4.20. The normalized spacial score (nSPS) is 22.0. The Labute approximate surface area is 95.7 Å². The lowest BCUT2D eigenvalue weighted by atomic mass is 10.1. The molecule has 1 aromatic rings. The average molecular weight is 219 g/mol. The van der Waals surface area contributed by atoms with Gasteiger partial charge in [-0.3, -0.25) is 4.98 Å². The largest absolute Gasteiger partial charge is 0.329 e. The standard InChI is InChI=1S/C12H17N3O/c1-3-9(2)15-8-11(14-12(15)16)10-5-4-6-13-7-10/h4-7,9,11H,3,8H2,1-2H3,(H,14,16). The summed E-state index contributed by atoms with van der Waals surface area (Å²) in [7, 11) is 0. The fourth-order valence-electron chi connectivity index (χ4n) is 1.93. The number of rotatable bonds is 3. The number of hydrogen-bond donors (Lipinski definition) is 1. The van der Waals surface area contributed by atoms with Gasteiger partial charge in [0.25, 0.3) is 0 Å². The summed E-state index contributed by atoms with van der Waals surface area (Å²) in [5, 5.41) is 2.98. The summed E-state index contributed by atoms with van der Waals surface area (Å²) in [4.78, 5) is 17.7. The third-order valence-corrected chi connectivity index (χ3v) is 3.15. The molecule has 86 valence electrons. The van der Waals surface area contributed by atoms with E-state index in [2.05, 4.69) is 24.1 Å². The molecule has 0 saturated carbocycles. The van der Waals surface area contributed by atoms with Gasteiger partial charge in [0.2, 0.25) is 0 Å². The van der Waals surface area contributed by atoms with Crippen molar-refractivity contribution in [3.63, 3.8) is 0 Å². The second-order valence-corrected chi connectivity index (χ2v) is 4.20. The molecule has 1 saturated heterocycles. The van der Waals surface area contributed by atoms with E-state index in [0.29, 0.717) is 6.04 Å². The number of nitrogens with one attached hydrogen (secondary N) is 1. The first-order chi connectivity index (χ1) is 7.72. The second kappa shape index (κ2) is 4.51. The molecule has 0 aliphatic carbocycles. The van der Waals surface area contributed by atoms with Gasteiger partial charge in [-0.15, -0.1) is 0 Å². The molecule has 2 atom stereocenters. The van der Waals surface area contributed by atoms with Gasteiger partial charge in [0.05, 0.1) is 6.04 Å². The van der Waals surface area contributed by atoms with Crippen molar-refractivity contribution in [2.75, 3.05) is 6.54 Å². The molecule has 1 aliphatic rings. The number of nitrogens with zero attached hydrogens (tertiary/aromatic N) is 2. The molecule has 16 heavy (non-hydrogen) atoms. The molecule has 2 heterocycles. The van der Waals surface area contributed by atoms with E-state index in [0.717, 1.165) is 18.5 Å². The Morgan fingerprint density at radius 1 is 1.69 bits per heavy atom. The van der Waals surface area contributed by atoms with Crippen molar-refractivity contribution in [2.24, 2.45) is 0 Å². The van der Waals surface area contributed by atoms with E-state index in [-0.39, 0.29) is 12.1 Å². The first-order valence-corrected chi connectivity index (χ1v) is 5.69. The maximum atomic E-state index is 11.8. The number of aromatic nitrogens is 1. The van der Waals surface area contributed by atoms with E-state index < -0.39 is 0 Å². The Bertz CT molecular complexity index is 366. The summed E-state index contributed by atoms with van der Waals surface area (Å²) < 4.78 is 0. The number of amides is 2. The lowest BCUT2D eigenvalue weighted by molar-refractivity contribution is 0.200. The molecule has 0 bridgehead atoms. The zero-order valence-corrected chi connectivity index (χ0v) is 9.68. The van der Waals surface area contributed by atoms with Crippen LogP contribution in [0.3, 0.4) is 0 Å². The van der Waals surface area contributed by atoms with Gasteiger partial charge in [0, 0.05) is 25.0 Å². The number of urea groups is 1. The molecule has 2 rings (SSSR count). The van der Waals surface area contributed by atoms with Crippen molar-refractivity contribution in [2.45, 2.75) is 32.4 Å². The van der Waals surface area contributed by atoms with E-state index in [1.807, 2.05) is 23.2 Å². The van der Waals surface area contributed by atoms with E-state index in [1.165, 1.54) is 0 Å². The first-order valence-electron chi connectivity index (χ1n) is 5.69. The molecular formula is C12H17N3O. The Hall–Kier alpha value is -1.58. The Kier molecular flexibility index (Phi) is 3.08. The molecule has 0 radical (unpaired) electrons. The highest BCUT2D eigenvalue weighted by atomic mass is 16.2. The zero-order valence-electron chi connectivity index (χ0n) is 9.68. The van der Waals surface area contributed by atoms with Crippen LogP contribution in [0.4, 0.5) is 4.79 Å². The van der Waals surface area contributed by atoms with Crippen LogP contribution in [0.1, 0.15) is 31.9 Å². The predicted octanol–water partition coefficient (Wildman–Crippen LogP) is 1.95. The fourth-order valence-corrected chi connectivity index (χ4v) is 1.93. The lowest BCUT2D eigenvalue weighted by Gasteiger charge is -2.21.